The Hall–Kier alpha value is -2.09. The highest BCUT2D eigenvalue weighted by atomic mass is 35.5. The first-order valence-corrected chi connectivity index (χ1v) is 9.88. The van der Waals surface area contributed by atoms with Crippen LogP contribution in [0.1, 0.15) is 19.4 Å². The van der Waals surface area contributed by atoms with Gasteiger partial charge in [0.25, 0.3) is 0 Å². The number of carbonyl (C=O) groups is 1. The molecule has 2 aromatic carbocycles. The minimum absolute atomic E-state index is 0.126. The Kier molecular flexibility index (Phi) is 6.63. The summed E-state index contributed by atoms with van der Waals surface area (Å²) in [6.45, 7) is 3.50. The molecule has 0 heterocycles. The second-order valence-corrected chi connectivity index (χ2v) is 7.80. The van der Waals surface area contributed by atoms with Gasteiger partial charge in [0.1, 0.15) is 10.6 Å². The molecule has 0 aliphatic rings. The smallest absolute Gasteiger partial charge is 0.245 e. The average molecular weight is 397 g/mol. The van der Waals surface area contributed by atoms with E-state index in [0.29, 0.717) is 5.69 Å². The zero-order chi connectivity index (χ0) is 19.3. The van der Waals surface area contributed by atoms with E-state index in [0.717, 1.165) is 12.0 Å². The number of sulfonamides is 1. The minimum atomic E-state index is -3.99. The summed E-state index contributed by atoms with van der Waals surface area (Å²) in [6, 6.07) is 10.6. The Morgan fingerprint density at radius 1 is 1.19 bits per heavy atom. The fourth-order valence-electron chi connectivity index (χ4n) is 2.28. The van der Waals surface area contributed by atoms with Crippen LogP contribution in [0.5, 0.6) is 5.75 Å². The van der Waals surface area contributed by atoms with E-state index in [1.165, 1.54) is 32.2 Å². The molecule has 140 valence electrons. The maximum atomic E-state index is 12.6. The van der Waals surface area contributed by atoms with E-state index >= 15 is 0 Å². The van der Waals surface area contributed by atoms with Gasteiger partial charge in [-0.3, -0.25) is 4.79 Å². The Bertz CT molecular complexity index is 883. The molecule has 26 heavy (non-hydrogen) atoms. The van der Waals surface area contributed by atoms with Crippen molar-refractivity contribution >= 4 is 33.2 Å². The molecule has 0 saturated heterocycles. The second kappa shape index (κ2) is 8.53. The van der Waals surface area contributed by atoms with E-state index in [4.69, 9.17) is 16.3 Å². The zero-order valence-corrected chi connectivity index (χ0v) is 16.3. The topological polar surface area (TPSA) is 84.5 Å². The quantitative estimate of drug-likeness (QED) is 0.752. The number of aryl methyl sites for hydroxylation is 1. The van der Waals surface area contributed by atoms with Crippen molar-refractivity contribution in [2.24, 2.45) is 0 Å². The number of benzene rings is 2. The standard InChI is InChI=1S/C18H21ClN2O4S/c1-4-13-5-8-15(9-6-13)20-18(22)12(2)21-26(23,24)17-11-14(19)7-10-16(17)25-3/h5-12,21H,4H2,1-3H3,(H,20,22)/t12-/m0/s1. The van der Waals surface area contributed by atoms with Crippen LogP contribution < -0.4 is 14.8 Å². The van der Waals surface area contributed by atoms with Gasteiger partial charge in [-0.1, -0.05) is 30.7 Å². The Labute approximate surface area is 158 Å². The summed E-state index contributed by atoms with van der Waals surface area (Å²) in [5.41, 5.74) is 1.74. The SMILES string of the molecule is CCc1ccc(NC(=O)[C@H](C)NS(=O)(=O)c2cc(Cl)ccc2OC)cc1. The Morgan fingerprint density at radius 2 is 1.85 bits per heavy atom. The molecule has 2 N–H and O–H groups in total. The normalized spacial score (nSPS) is 12.5. The molecule has 0 aliphatic carbocycles. The number of halogens is 1. The molecule has 0 aliphatic heterocycles. The average Bonchev–Trinajstić information content (AvgIpc) is 2.62. The predicted octanol–water partition coefficient (Wildman–Crippen LogP) is 3.22. The summed E-state index contributed by atoms with van der Waals surface area (Å²) in [7, 11) is -2.63. The molecule has 2 aromatic rings. The Morgan fingerprint density at radius 3 is 2.42 bits per heavy atom. The lowest BCUT2D eigenvalue weighted by Gasteiger charge is -2.16. The number of methoxy groups -OCH3 is 1. The second-order valence-electron chi connectivity index (χ2n) is 5.68. The third-order valence-corrected chi connectivity index (χ3v) is 5.57. The molecule has 8 heteroatoms. The van der Waals surface area contributed by atoms with Crippen molar-refractivity contribution < 1.29 is 17.9 Å². The first kappa shape index (κ1) is 20.2. The molecule has 0 aromatic heterocycles. The number of ether oxygens (including phenoxy) is 1. The van der Waals surface area contributed by atoms with Crippen LogP contribution in [-0.2, 0) is 21.2 Å². The van der Waals surface area contributed by atoms with E-state index in [1.807, 2.05) is 19.1 Å². The first-order valence-electron chi connectivity index (χ1n) is 8.02. The Balaban J connectivity index is 2.13. The van der Waals surface area contributed by atoms with Crippen molar-refractivity contribution in [3.05, 3.63) is 53.1 Å². The number of rotatable bonds is 7. The molecule has 0 spiro atoms. The number of hydrogen-bond donors (Lipinski definition) is 2. The van der Waals surface area contributed by atoms with E-state index in [-0.39, 0.29) is 15.7 Å². The summed E-state index contributed by atoms with van der Waals surface area (Å²) < 4.78 is 32.6. The molecule has 0 unspecified atom stereocenters. The molecule has 1 amide bonds. The summed E-state index contributed by atoms with van der Waals surface area (Å²) in [5.74, 6) is -0.330. The minimum Gasteiger partial charge on any atom is -0.495 e. The maximum Gasteiger partial charge on any atom is 0.245 e. The van der Waals surface area contributed by atoms with Gasteiger partial charge in [0.15, 0.2) is 0 Å². The van der Waals surface area contributed by atoms with Crippen molar-refractivity contribution in [3.63, 3.8) is 0 Å². The number of anilines is 1. The highest BCUT2D eigenvalue weighted by Crippen LogP contribution is 2.27. The summed E-state index contributed by atoms with van der Waals surface area (Å²) >= 11 is 5.88. The first-order chi connectivity index (χ1) is 12.3. The van der Waals surface area contributed by atoms with Gasteiger partial charge in [-0.2, -0.15) is 4.72 Å². The summed E-state index contributed by atoms with van der Waals surface area (Å²) in [5, 5.41) is 2.93. The van der Waals surface area contributed by atoms with Gasteiger partial charge < -0.3 is 10.1 Å². The van der Waals surface area contributed by atoms with Gasteiger partial charge in [0.2, 0.25) is 15.9 Å². The number of carbonyl (C=O) groups excluding carboxylic acids is 1. The van der Waals surface area contributed by atoms with Crippen LogP contribution in [0.2, 0.25) is 5.02 Å². The maximum absolute atomic E-state index is 12.6. The largest absolute Gasteiger partial charge is 0.495 e. The van der Waals surface area contributed by atoms with Crippen LogP contribution in [0.25, 0.3) is 0 Å². The van der Waals surface area contributed by atoms with Crippen molar-refractivity contribution in [2.75, 3.05) is 12.4 Å². The molecule has 0 saturated carbocycles. The zero-order valence-electron chi connectivity index (χ0n) is 14.7. The van der Waals surface area contributed by atoms with Crippen LogP contribution in [0.3, 0.4) is 0 Å². The predicted molar refractivity (Wildman–Crippen MR) is 102 cm³/mol. The van der Waals surface area contributed by atoms with Gasteiger partial charge in [-0.25, -0.2) is 8.42 Å². The van der Waals surface area contributed by atoms with Crippen molar-refractivity contribution in [3.8, 4) is 5.75 Å². The molecule has 6 nitrogen and oxygen atoms in total. The number of amides is 1. The summed E-state index contributed by atoms with van der Waals surface area (Å²) in [6.07, 6.45) is 0.895. The third kappa shape index (κ3) is 4.97. The highest BCUT2D eigenvalue weighted by Gasteiger charge is 2.25. The lowest BCUT2D eigenvalue weighted by molar-refractivity contribution is -0.117. The fourth-order valence-corrected chi connectivity index (χ4v) is 3.92. The monoisotopic (exact) mass is 396 g/mol. The van der Waals surface area contributed by atoms with Crippen LogP contribution in [0.4, 0.5) is 5.69 Å². The highest BCUT2D eigenvalue weighted by molar-refractivity contribution is 7.89. The van der Waals surface area contributed by atoms with E-state index in [1.54, 1.807) is 12.1 Å². The number of hydrogen-bond acceptors (Lipinski definition) is 4. The van der Waals surface area contributed by atoms with Crippen molar-refractivity contribution in [2.45, 2.75) is 31.2 Å². The fraction of sp³-hybridized carbons (Fsp3) is 0.278. The molecule has 0 bridgehead atoms. The third-order valence-electron chi connectivity index (χ3n) is 3.77. The van der Waals surface area contributed by atoms with Crippen LogP contribution in [0, 0.1) is 0 Å². The van der Waals surface area contributed by atoms with E-state index < -0.39 is 22.0 Å². The van der Waals surface area contributed by atoms with Crippen molar-refractivity contribution in [1.82, 2.24) is 4.72 Å². The van der Waals surface area contributed by atoms with Crippen molar-refractivity contribution in [1.29, 1.82) is 0 Å². The van der Waals surface area contributed by atoms with Gasteiger partial charge in [0, 0.05) is 10.7 Å². The van der Waals surface area contributed by atoms with Gasteiger partial charge in [-0.15, -0.1) is 0 Å². The molecule has 0 fully saturated rings. The van der Waals surface area contributed by atoms with E-state index in [2.05, 4.69) is 10.0 Å². The van der Waals surface area contributed by atoms with Crippen LogP contribution >= 0.6 is 11.6 Å². The van der Waals surface area contributed by atoms with Crippen LogP contribution in [0.15, 0.2) is 47.4 Å². The molecular formula is C18H21ClN2O4S. The summed E-state index contributed by atoms with van der Waals surface area (Å²) in [4.78, 5) is 12.2. The lowest BCUT2D eigenvalue weighted by atomic mass is 10.1. The van der Waals surface area contributed by atoms with Gasteiger partial charge >= 0.3 is 0 Å². The lowest BCUT2D eigenvalue weighted by Crippen LogP contribution is -2.41. The molecule has 1 atom stereocenters. The molecular weight excluding hydrogens is 376 g/mol. The van der Waals surface area contributed by atoms with Crippen LogP contribution in [-0.4, -0.2) is 27.5 Å². The molecule has 2 rings (SSSR count). The van der Waals surface area contributed by atoms with Gasteiger partial charge in [-0.05, 0) is 49.2 Å². The number of nitrogens with one attached hydrogen (secondary N) is 2. The van der Waals surface area contributed by atoms with E-state index in [9.17, 15) is 13.2 Å². The molecule has 0 radical (unpaired) electrons. The van der Waals surface area contributed by atoms with Gasteiger partial charge in [0.05, 0.1) is 13.2 Å².